The van der Waals surface area contributed by atoms with Crippen LogP contribution in [0, 0.1) is 39.9 Å². The number of ketones is 1. The topological polar surface area (TPSA) is 66.8 Å². The zero-order chi connectivity index (χ0) is 20.5. The van der Waals surface area contributed by atoms with Crippen LogP contribution in [0.25, 0.3) is 0 Å². The molecule has 10 atom stereocenters. The Hall–Kier alpha value is -1.20. The number of hydrogen-bond donors (Lipinski definition) is 1. The molecule has 6 fully saturated rings. The maximum atomic E-state index is 13.2. The number of carbonyl (C=O) groups is 2. The van der Waals surface area contributed by atoms with Crippen LogP contribution in [0.1, 0.15) is 52.9 Å². The molecule has 0 unspecified atom stereocenters. The van der Waals surface area contributed by atoms with E-state index in [2.05, 4.69) is 25.3 Å². The number of piperidine rings is 1. The third kappa shape index (κ3) is 1.76. The molecule has 0 amide bonds. The summed E-state index contributed by atoms with van der Waals surface area (Å²) in [6, 6.07) is 0.298. The highest BCUT2D eigenvalue weighted by atomic mass is 16.5. The van der Waals surface area contributed by atoms with E-state index in [-0.39, 0.29) is 45.9 Å². The van der Waals surface area contributed by atoms with Gasteiger partial charge in [-0.15, -0.1) is 0 Å². The Morgan fingerprint density at radius 1 is 1.38 bits per heavy atom. The van der Waals surface area contributed by atoms with Gasteiger partial charge >= 0.3 is 5.97 Å². The molecule has 1 N–H and O–H groups in total. The smallest absolute Gasteiger partial charge is 0.302 e. The van der Waals surface area contributed by atoms with Crippen LogP contribution in [0.15, 0.2) is 12.2 Å². The number of hydrogen-bond acceptors (Lipinski definition) is 5. The lowest BCUT2D eigenvalue weighted by atomic mass is 9.43. The number of rotatable bonds is 2. The fraction of sp³-hybridized carbons (Fsp3) is 0.833. The van der Waals surface area contributed by atoms with E-state index in [4.69, 9.17) is 4.74 Å². The van der Waals surface area contributed by atoms with E-state index in [0.717, 1.165) is 44.3 Å². The number of ether oxygens (including phenoxy) is 1. The second-order valence-corrected chi connectivity index (χ2v) is 11.3. The predicted molar refractivity (Wildman–Crippen MR) is 107 cm³/mol. The van der Waals surface area contributed by atoms with Crippen LogP contribution in [0.4, 0.5) is 0 Å². The van der Waals surface area contributed by atoms with Crippen LogP contribution in [-0.2, 0) is 14.3 Å². The molecular weight excluding hydrogens is 366 g/mol. The van der Waals surface area contributed by atoms with E-state index >= 15 is 0 Å². The Kier molecular flexibility index (Phi) is 3.42. The zero-order valence-electron chi connectivity index (χ0n) is 17.8. The largest absolute Gasteiger partial charge is 0.462 e. The van der Waals surface area contributed by atoms with Crippen molar-refractivity contribution in [3.05, 3.63) is 12.2 Å². The average Bonchev–Trinajstić information content (AvgIpc) is 3.18. The highest BCUT2D eigenvalue weighted by Gasteiger charge is 2.85. The van der Waals surface area contributed by atoms with E-state index in [1.807, 2.05) is 0 Å². The molecular formula is C24H33NO4. The number of aliphatic hydroxyl groups is 1. The molecule has 0 aromatic rings. The minimum Gasteiger partial charge on any atom is -0.462 e. The van der Waals surface area contributed by atoms with Gasteiger partial charge in [0.05, 0.1) is 6.10 Å². The fourth-order valence-electron chi connectivity index (χ4n) is 10.1. The van der Waals surface area contributed by atoms with E-state index in [0.29, 0.717) is 24.3 Å². The highest BCUT2D eigenvalue weighted by molar-refractivity contribution is 5.87. The Labute approximate surface area is 172 Å². The first-order valence-electron chi connectivity index (χ1n) is 11.5. The van der Waals surface area contributed by atoms with Crippen molar-refractivity contribution in [2.45, 2.75) is 71.1 Å². The van der Waals surface area contributed by atoms with Crippen molar-refractivity contribution in [1.29, 1.82) is 0 Å². The van der Waals surface area contributed by atoms with Gasteiger partial charge in [-0.3, -0.25) is 14.5 Å². The first-order valence-corrected chi connectivity index (χ1v) is 11.5. The summed E-state index contributed by atoms with van der Waals surface area (Å²) in [7, 11) is 0. The van der Waals surface area contributed by atoms with Crippen LogP contribution < -0.4 is 0 Å². The minimum atomic E-state index is -0.597. The summed E-state index contributed by atoms with van der Waals surface area (Å²) in [5, 5.41) is 11.5. The van der Waals surface area contributed by atoms with Gasteiger partial charge in [0.15, 0.2) is 0 Å². The van der Waals surface area contributed by atoms with Crippen molar-refractivity contribution in [3.8, 4) is 0 Å². The summed E-state index contributed by atoms with van der Waals surface area (Å²) < 4.78 is 6.08. The van der Waals surface area contributed by atoms with Crippen LogP contribution >= 0.6 is 0 Å². The van der Waals surface area contributed by atoms with Gasteiger partial charge in [0.1, 0.15) is 11.9 Å². The van der Waals surface area contributed by atoms with Crippen molar-refractivity contribution in [1.82, 2.24) is 4.90 Å². The van der Waals surface area contributed by atoms with E-state index < -0.39 is 6.10 Å². The van der Waals surface area contributed by atoms with E-state index in [1.54, 1.807) is 0 Å². The van der Waals surface area contributed by atoms with Crippen molar-refractivity contribution in [2.75, 3.05) is 13.1 Å². The van der Waals surface area contributed by atoms with Crippen LogP contribution in [-0.4, -0.2) is 53.1 Å². The van der Waals surface area contributed by atoms with Crippen molar-refractivity contribution < 1.29 is 19.4 Å². The molecule has 5 heteroatoms. The van der Waals surface area contributed by atoms with E-state index in [9.17, 15) is 14.7 Å². The summed E-state index contributed by atoms with van der Waals surface area (Å²) in [6.07, 6.45) is 3.59. The molecule has 7 bridgehead atoms. The number of Topliss-reactive ketones (excluding diaryl/α,β-unsaturated/α-hetero) is 1. The Morgan fingerprint density at radius 2 is 2.14 bits per heavy atom. The molecule has 0 aromatic carbocycles. The summed E-state index contributed by atoms with van der Waals surface area (Å²) in [5.74, 6) is 0.792. The molecule has 2 spiro atoms. The van der Waals surface area contributed by atoms with Crippen molar-refractivity contribution in [2.24, 2.45) is 39.9 Å². The van der Waals surface area contributed by atoms with Gasteiger partial charge < -0.3 is 9.84 Å². The Balaban J connectivity index is 1.60. The summed E-state index contributed by atoms with van der Waals surface area (Å²) in [4.78, 5) is 27.9. The van der Waals surface area contributed by atoms with Gasteiger partial charge in [0.2, 0.25) is 0 Å². The lowest BCUT2D eigenvalue weighted by Crippen LogP contribution is -2.69. The summed E-state index contributed by atoms with van der Waals surface area (Å²) in [5.41, 5.74) is 0.483. The van der Waals surface area contributed by atoms with E-state index in [1.165, 1.54) is 6.92 Å². The Morgan fingerprint density at radius 3 is 2.83 bits per heavy atom. The van der Waals surface area contributed by atoms with Gasteiger partial charge in [-0.05, 0) is 61.0 Å². The number of aliphatic hydroxyl groups excluding tert-OH is 1. The third-order valence-electron chi connectivity index (χ3n) is 10.6. The third-order valence-corrected chi connectivity index (χ3v) is 10.6. The van der Waals surface area contributed by atoms with Gasteiger partial charge in [-0.2, -0.15) is 0 Å². The molecule has 6 rings (SSSR count). The van der Waals surface area contributed by atoms with Crippen molar-refractivity contribution >= 4 is 11.8 Å². The lowest BCUT2D eigenvalue weighted by molar-refractivity contribution is -0.222. The normalized spacial score (nSPS) is 57.2. The predicted octanol–water partition coefficient (Wildman–Crippen LogP) is 2.57. The average molecular weight is 400 g/mol. The molecule has 1 aliphatic heterocycles. The molecule has 1 heterocycles. The number of nitrogens with zero attached hydrogens (tertiary/aromatic N) is 1. The molecule has 6 aliphatic rings. The monoisotopic (exact) mass is 399 g/mol. The standard InChI is InChI=1S/C24H33NO4/c1-5-25-11-22(4)7-6-19(29-13(3)26)24-17(22)8-15(20(24)25)23-10-14(12(2)21(23)28)16(27)9-18(23)24/h14-15,17-21,28H,2,5-11H2,1,3-4H3/t14-,15+,17-,18-,19+,20+,21-,22+,23+,24+/m1/s1. The van der Waals surface area contributed by atoms with Gasteiger partial charge in [-0.1, -0.05) is 20.4 Å². The molecule has 0 aromatic heterocycles. The zero-order valence-corrected chi connectivity index (χ0v) is 17.8. The van der Waals surface area contributed by atoms with Crippen molar-refractivity contribution in [3.63, 3.8) is 0 Å². The summed E-state index contributed by atoms with van der Waals surface area (Å²) in [6.45, 7) is 12.4. The first-order chi connectivity index (χ1) is 13.7. The fourth-order valence-corrected chi connectivity index (χ4v) is 10.1. The highest BCUT2D eigenvalue weighted by Crippen LogP contribution is 2.83. The SMILES string of the molecule is C=C1[C@H]2C[C@@]3([C@@H]1O)[C@@H](CC2=O)[C@@]12[C@@H](OC(C)=O)CC[C@@]4(C)CN(CC)[C@H]1[C@@H]3C[C@H]42. The first kappa shape index (κ1) is 18.6. The minimum absolute atomic E-state index is 0.0973. The summed E-state index contributed by atoms with van der Waals surface area (Å²) >= 11 is 0. The maximum Gasteiger partial charge on any atom is 0.302 e. The molecule has 29 heavy (non-hydrogen) atoms. The quantitative estimate of drug-likeness (QED) is 0.571. The second-order valence-electron chi connectivity index (χ2n) is 11.3. The van der Waals surface area contributed by atoms with Gasteiger partial charge in [0.25, 0.3) is 0 Å². The molecule has 5 aliphatic carbocycles. The molecule has 1 saturated heterocycles. The van der Waals surface area contributed by atoms with Crippen LogP contribution in [0.3, 0.4) is 0 Å². The number of esters is 1. The second kappa shape index (κ2) is 5.34. The lowest BCUT2D eigenvalue weighted by Gasteiger charge is -2.65. The number of likely N-dealkylation sites (tertiary alicyclic amines) is 1. The number of carbonyl (C=O) groups excluding carboxylic acids is 2. The van der Waals surface area contributed by atoms with Crippen LogP contribution in [0.2, 0.25) is 0 Å². The Bertz CT molecular complexity index is 839. The molecule has 158 valence electrons. The maximum absolute atomic E-state index is 13.2. The van der Waals surface area contributed by atoms with Gasteiger partial charge in [-0.25, -0.2) is 0 Å². The molecule has 5 nitrogen and oxygen atoms in total. The number of fused-ring (bicyclic) bond motifs is 1. The van der Waals surface area contributed by atoms with Crippen LogP contribution in [0.5, 0.6) is 0 Å². The van der Waals surface area contributed by atoms with Gasteiger partial charge in [0, 0.05) is 42.7 Å². The molecule has 5 saturated carbocycles. The molecule has 0 radical (unpaired) electrons.